The molecular formula is C20H32O2. The second kappa shape index (κ2) is 4.93. The van der Waals surface area contributed by atoms with E-state index < -0.39 is 5.60 Å². The van der Waals surface area contributed by atoms with Gasteiger partial charge in [0.05, 0.1) is 5.60 Å². The van der Waals surface area contributed by atoms with Crippen LogP contribution in [0.2, 0.25) is 0 Å². The largest absolute Gasteiger partial charge is 0.390 e. The molecular weight excluding hydrogens is 272 g/mol. The molecule has 124 valence electrons. The van der Waals surface area contributed by atoms with Gasteiger partial charge < -0.3 is 9.90 Å². The van der Waals surface area contributed by atoms with Crippen LogP contribution in [0.25, 0.3) is 0 Å². The van der Waals surface area contributed by atoms with Gasteiger partial charge in [-0.05, 0) is 67.6 Å². The molecule has 6 atom stereocenters. The molecule has 3 fully saturated rings. The molecule has 22 heavy (non-hydrogen) atoms. The lowest BCUT2D eigenvalue weighted by atomic mass is 9.42. The highest BCUT2D eigenvalue weighted by Gasteiger charge is 2.62. The summed E-state index contributed by atoms with van der Waals surface area (Å²) in [6.45, 7) is 10.8. The zero-order valence-corrected chi connectivity index (χ0v) is 14.5. The maximum Gasteiger partial charge on any atom is 0.126 e. The van der Waals surface area contributed by atoms with Crippen molar-refractivity contribution in [3.05, 3.63) is 12.7 Å². The molecule has 0 unspecified atom stereocenters. The minimum Gasteiger partial charge on any atom is -0.390 e. The number of allylic oxidation sites excluding steroid dienone is 1. The van der Waals surface area contributed by atoms with Gasteiger partial charge in [0, 0.05) is 5.41 Å². The Balaban J connectivity index is 1.96. The van der Waals surface area contributed by atoms with Gasteiger partial charge in [0.2, 0.25) is 0 Å². The second-order valence-electron chi connectivity index (χ2n) is 9.30. The molecule has 3 rings (SSSR count). The molecule has 0 amide bonds. The molecule has 3 saturated carbocycles. The van der Waals surface area contributed by atoms with E-state index in [1.807, 2.05) is 6.08 Å². The van der Waals surface area contributed by atoms with Crippen LogP contribution in [0.4, 0.5) is 0 Å². The van der Waals surface area contributed by atoms with Gasteiger partial charge in [-0.2, -0.15) is 0 Å². The Labute approximate surface area is 135 Å². The Bertz CT molecular complexity index is 486. The molecule has 0 bridgehead atoms. The predicted molar refractivity (Wildman–Crippen MR) is 89.4 cm³/mol. The number of carbonyl (C=O) groups is 1. The van der Waals surface area contributed by atoms with Crippen LogP contribution in [0.15, 0.2) is 12.7 Å². The smallest absolute Gasteiger partial charge is 0.126 e. The van der Waals surface area contributed by atoms with Gasteiger partial charge in [-0.3, -0.25) is 0 Å². The van der Waals surface area contributed by atoms with Crippen molar-refractivity contribution in [1.82, 2.24) is 0 Å². The van der Waals surface area contributed by atoms with Gasteiger partial charge in [0.15, 0.2) is 0 Å². The van der Waals surface area contributed by atoms with Crippen LogP contribution >= 0.6 is 0 Å². The lowest BCUT2D eigenvalue weighted by molar-refractivity contribution is -0.203. The highest BCUT2D eigenvalue weighted by atomic mass is 16.3. The normalized spacial score (nSPS) is 54.9. The fourth-order valence-corrected chi connectivity index (χ4v) is 6.60. The quantitative estimate of drug-likeness (QED) is 0.602. The van der Waals surface area contributed by atoms with E-state index in [2.05, 4.69) is 27.4 Å². The Hall–Kier alpha value is -0.630. The number of hydrogen-bond donors (Lipinski definition) is 1. The van der Waals surface area contributed by atoms with E-state index in [4.69, 9.17) is 0 Å². The fourth-order valence-electron chi connectivity index (χ4n) is 6.60. The van der Waals surface area contributed by atoms with Crippen molar-refractivity contribution in [2.75, 3.05) is 0 Å². The summed E-state index contributed by atoms with van der Waals surface area (Å²) in [7, 11) is 0. The minimum absolute atomic E-state index is 0.0665. The summed E-state index contributed by atoms with van der Waals surface area (Å²) in [5, 5.41) is 11.5. The maximum atomic E-state index is 11.8. The van der Waals surface area contributed by atoms with Crippen molar-refractivity contribution in [2.45, 2.75) is 77.7 Å². The van der Waals surface area contributed by atoms with Crippen LogP contribution in [-0.2, 0) is 4.79 Å². The van der Waals surface area contributed by atoms with Crippen molar-refractivity contribution in [2.24, 2.45) is 28.1 Å². The molecule has 3 aliphatic rings. The van der Waals surface area contributed by atoms with E-state index in [9.17, 15) is 9.90 Å². The van der Waals surface area contributed by atoms with Gasteiger partial charge in [-0.1, -0.05) is 33.3 Å². The second-order valence-corrected chi connectivity index (χ2v) is 9.30. The monoisotopic (exact) mass is 304 g/mol. The number of aldehydes is 1. The fraction of sp³-hybridized carbons (Fsp3) is 0.850. The van der Waals surface area contributed by atoms with Crippen molar-refractivity contribution in [3.63, 3.8) is 0 Å². The van der Waals surface area contributed by atoms with E-state index in [0.29, 0.717) is 11.8 Å². The van der Waals surface area contributed by atoms with E-state index in [1.54, 1.807) is 0 Å². The van der Waals surface area contributed by atoms with Gasteiger partial charge in [-0.15, -0.1) is 6.58 Å². The zero-order chi connectivity index (χ0) is 16.2. The van der Waals surface area contributed by atoms with Crippen molar-refractivity contribution in [3.8, 4) is 0 Å². The van der Waals surface area contributed by atoms with Crippen LogP contribution in [0, 0.1) is 28.1 Å². The Morgan fingerprint density at radius 3 is 2.36 bits per heavy atom. The standard InChI is InChI=1S/C20H32O2/c1-5-17(2)11-7-16-19(4)10-6-9-18(3,14-21)15(19)8-12-20(16,22)13-17/h5,14-16,22H,1,6-13H2,2-4H3/t15-,16+,17-,18-,19-,20-/m1/s1. The summed E-state index contributed by atoms with van der Waals surface area (Å²) >= 11 is 0. The molecule has 2 nitrogen and oxygen atoms in total. The Morgan fingerprint density at radius 2 is 1.73 bits per heavy atom. The van der Waals surface area contributed by atoms with Crippen LogP contribution in [-0.4, -0.2) is 17.0 Å². The SMILES string of the molecule is C=C[C@]1(C)CC[C@@H]2[C@@](O)(CC[C@H]3[C@@]2(C)CCC[C@]3(C)C=O)C1. The summed E-state index contributed by atoms with van der Waals surface area (Å²) in [5.74, 6) is 0.774. The molecule has 0 aromatic rings. The molecule has 0 aromatic carbocycles. The first-order valence-electron chi connectivity index (χ1n) is 9.04. The summed E-state index contributed by atoms with van der Waals surface area (Å²) in [4.78, 5) is 11.8. The molecule has 2 heteroatoms. The topological polar surface area (TPSA) is 37.3 Å². The average Bonchev–Trinajstić information content (AvgIpc) is 2.46. The van der Waals surface area contributed by atoms with Gasteiger partial charge in [0.1, 0.15) is 6.29 Å². The van der Waals surface area contributed by atoms with Gasteiger partial charge in [0.25, 0.3) is 0 Å². The molecule has 3 aliphatic carbocycles. The van der Waals surface area contributed by atoms with Crippen molar-refractivity contribution >= 4 is 6.29 Å². The van der Waals surface area contributed by atoms with E-state index in [1.165, 1.54) is 12.7 Å². The molecule has 0 saturated heterocycles. The first kappa shape index (κ1) is 16.2. The highest BCUT2D eigenvalue weighted by molar-refractivity contribution is 5.60. The van der Waals surface area contributed by atoms with Crippen LogP contribution < -0.4 is 0 Å². The number of carbonyl (C=O) groups excluding carboxylic acids is 1. The van der Waals surface area contributed by atoms with Crippen LogP contribution in [0.3, 0.4) is 0 Å². The average molecular weight is 304 g/mol. The van der Waals surface area contributed by atoms with Crippen LogP contribution in [0.1, 0.15) is 72.1 Å². The number of hydrogen-bond acceptors (Lipinski definition) is 2. The molecule has 0 aromatic heterocycles. The van der Waals surface area contributed by atoms with Gasteiger partial charge >= 0.3 is 0 Å². The van der Waals surface area contributed by atoms with Crippen molar-refractivity contribution in [1.29, 1.82) is 0 Å². The number of aliphatic hydroxyl groups is 1. The molecule has 1 N–H and O–H groups in total. The number of rotatable bonds is 2. The molecule has 0 spiro atoms. The lowest BCUT2D eigenvalue weighted by Crippen LogP contribution is -2.62. The maximum absolute atomic E-state index is 11.8. The first-order valence-corrected chi connectivity index (χ1v) is 9.04. The van der Waals surface area contributed by atoms with Gasteiger partial charge in [-0.25, -0.2) is 0 Å². The summed E-state index contributed by atoms with van der Waals surface area (Å²) in [5.41, 5.74) is -0.568. The Kier molecular flexibility index (Phi) is 3.64. The summed E-state index contributed by atoms with van der Waals surface area (Å²) < 4.78 is 0. The van der Waals surface area contributed by atoms with Crippen molar-refractivity contribution < 1.29 is 9.90 Å². The highest BCUT2D eigenvalue weighted by Crippen LogP contribution is 2.66. The summed E-state index contributed by atoms with van der Waals surface area (Å²) in [6.07, 6.45) is 11.4. The summed E-state index contributed by atoms with van der Waals surface area (Å²) in [6, 6.07) is 0. The Morgan fingerprint density at radius 1 is 1.05 bits per heavy atom. The van der Waals surface area contributed by atoms with Crippen LogP contribution in [0.5, 0.6) is 0 Å². The van der Waals surface area contributed by atoms with E-state index >= 15 is 0 Å². The first-order chi connectivity index (χ1) is 10.2. The molecule has 0 heterocycles. The predicted octanol–water partition coefficient (Wildman–Crippen LogP) is 4.52. The lowest BCUT2D eigenvalue weighted by Gasteiger charge is -2.64. The third-order valence-electron chi connectivity index (χ3n) is 7.81. The molecule has 0 radical (unpaired) electrons. The number of fused-ring (bicyclic) bond motifs is 3. The minimum atomic E-state index is -0.562. The van der Waals surface area contributed by atoms with E-state index in [0.717, 1.165) is 44.9 Å². The zero-order valence-electron chi connectivity index (χ0n) is 14.5. The third-order valence-corrected chi connectivity index (χ3v) is 7.81. The van der Waals surface area contributed by atoms with E-state index in [-0.39, 0.29) is 16.2 Å². The molecule has 0 aliphatic heterocycles. The third kappa shape index (κ3) is 2.13.